The Morgan fingerprint density at radius 1 is 1.25 bits per heavy atom. The summed E-state index contributed by atoms with van der Waals surface area (Å²) in [5.41, 5.74) is 0. The van der Waals surface area contributed by atoms with Gasteiger partial charge in [0.05, 0.1) is 0 Å². The van der Waals surface area contributed by atoms with Gasteiger partial charge in [-0.1, -0.05) is 0 Å². The summed E-state index contributed by atoms with van der Waals surface area (Å²) < 4.78 is 0. The van der Waals surface area contributed by atoms with Crippen molar-refractivity contribution in [2.75, 3.05) is 18.6 Å². The van der Waals surface area contributed by atoms with Gasteiger partial charge >= 0.3 is 5.97 Å². The van der Waals surface area contributed by atoms with Gasteiger partial charge < -0.3 is 20.1 Å². The van der Waals surface area contributed by atoms with Crippen LogP contribution in [0.25, 0.3) is 0 Å². The summed E-state index contributed by atoms with van der Waals surface area (Å²) in [6.07, 6.45) is 0.865. The smallest absolute Gasteiger partial charge is 0.326 e. The summed E-state index contributed by atoms with van der Waals surface area (Å²) >= 11 is 1.45. The minimum Gasteiger partial charge on any atom is -0.480 e. The monoisotopic (exact) mass is 369 g/mol. The predicted octanol–water partition coefficient (Wildman–Crippen LogP) is 0.264. The van der Waals surface area contributed by atoms with Crippen molar-refractivity contribution in [2.24, 2.45) is 0 Å². The van der Waals surface area contributed by atoms with Gasteiger partial charge in [0.2, 0.25) is 5.91 Å². The fourth-order valence-corrected chi connectivity index (χ4v) is 2.15. The molecule has 0 bridgehead atoms. The van der Waals surface area contributed by atoms with E-state index in [-0.39, 0.29) is 25.7 Å². The molecule has 0 aliphatic heterocycles. The van der Waals surface area contributed by atoms with E-state index >= 15 is 0 Å². The van der Waals surface area contributed by atoms with Crippen molar-refractivity contribution in [3.05, 3.63) is 20.2 Å². The minimum atomic E-state index is -1.19. The Kier molecular flexibility index (Phi) is 11.0. The van der Waals surface area contributed by atoms with E-state index in [2.05, 4.69) is 15.0 Å². The molecule has 12 nitrogen and oxygen atoms in total. The number of carboxylic acid groups (broad SMARTS) is 1. The molecule has 0 aliphatic rings. The molecule has 13 heteroatoms. The van der Waals surface area contributed by atoms with Gasteiger partial charge in [0.1, 0.15) is 18.8 Å². The van der Waals surface area contributed by atoms with Crippen molar-refractivity contribution in [3.8, 4) is 0 Å². The van der Waals surface area contributed by atoms with Crippen molar-refractivity contribution in [1.29, 1.82) is 0 Å². The zero-order valence-electron chi connectivity index (χ0n) is 12.9. The zero-order chi connectivity index (χ0) is 18.5. The van der Waals surface area contributed by atoms with Crippen molar-refractivity contribution < 1.29 is 34.5 Å². The van der Waals surface area contributed by atoms with Gasteiger partial charge in [-0.25, -0.2) is 4.79 Å². The molecule has 2 N–H and O–H groups in total. The predicted molar refractivity (Wildman–Crippen MR) is 81.2 cm³/mol. The van der Waals surface area contributed by atoms with Crippen molar-refractivity contribution >= 4 is 23.6 Å². The average molecular weight is 369 g/mol. The lowest BCUT2D eigenvalue weighted by molar-refractivity contribution is -0.790. The summed E-state index contributed by atoms with van der Waals surface area (Å²) in [6, 6.07) is -1.01. The third-order valence-corrected chi connectivity index (χ3v) is 3.42. The summed E-state index contributed by atoms with van der Waals surface area (Å²) in [7, 11) is 0. The summed E-state index contributed by atoms with van der Waals surface area (Å²) in [4.78, 5) is 51.3. The second-order valence-corrected chi connectivity index (χ2v) is 5.59. The zero-order valence-corrected chi connectivity index (χ0v) is 13.7. The first-order chi connectivity index (χ1) is 11.3. The highest BCUT2D eigenvalue weighted by Crippen LogP contribution is 2.08. The van der Waals surface area contributed by atoms with Crippen LogP contribution in [0, 0.1) is 20.2 Å². The van der Waals surface area contributed by atoms with Crippen LogP contribution < -0.4 is 5.32 Å². The van der Waals surface area contributed by atoms with Gasteiger partial charge in [0, 0.05) is 6.42 Å². The summed E-state index contributed by atoms with van der Waals surface area (Å²) in [5, 5.41) is 29.5. The van der Waals surface area contributed by atoms with Crippen LogP contribution in [-0.2, 0) is 19.3 Å². The van der Waals surface area contributed by atoms with Gasteiger partial charge in [-0.2, -0.15) is 11.8 Å². The van der Waals surface area contributed by atoms with E-state index < -0.39 is 40.8 Å². The molecule has 138 valence electrons. The SMILES string of the molecule is CSCCC(NC(=O)CCCC(CO[N+](=O)[O-])O[N+](=O)[O-])C(=O)O. The number of nitrogens with one attached hydrogen (secondary N) is 1. The van der Waals surface area contributed by atoms with Crippen LogP contribution in [0.5, 0.6) is 0 Å². The number of carboxylic acids is 1. The summed E-state index contributed by atoms with van der Waals surface area (Å²) in [6.45, 7) is -0.638. The highest BCUT2D eigenvalue weighted by atomic mass is 32.2. The van der Waals surface area contributed by atoms with E-state index in [1.165, 1.54) is 11.8 Å². The van der Waals surface area contributed by atoms with E-state index in [9.17, 15) is 29.8 Å². The third kappa shape index (κ3) is 11.3. The maximum atomic E-state index is 11.7. The van der Waals surface area contributed by atoms with Crippen LogP contribution in [0.3, 0.4) is 0 Å². The van der Waals surface area contributed by atoms with Crippen molar-refractivity contribution in [2.45, 2.75) is 37.8 Å². The maximum absolute atomic E-state index is 11.7. The number of carbonyl (C=O) groups excluding carboxylic acids is 1. The molecular weight excluding hydrogens is 350 g/mol. The first-order valence-corrected chi connectivity index (χ1v) is 8.25. The topological polar surface area (TPSA) is 171 Å². The molecule has 0 radical (unpaired) electrons. The Morgan fingerprint density at radius 3 is 2.42 bits per heavy atom. The Morgan fingerprint density at radius 2 is 1.92 bits per heavy atom. The lowest BCUT2D eigenvalue weighted by Gasteiger charge is -2.15. The first-order valence-electron chi connectivity index (χ1n) is 6.85. The second kappa shape index (κ2) is 12.2. The average Bonchev–Trinajstić information content (AvgIpc) is 2.47. The number of nitrogens with zero attached hydrogens (tertiary/aromatic N) is 2. The Labute approximate surface area is 141 Å². The number of hydrogen-bond acceptors (Lipinski definition) is 9. The largest absolute Gasteiger partial charge is 0.480 e. The van der Waals surface area contributed by atoms with E-state index in [0.717, 1.165) is 0 Å². The van der Waals surface area contributed by atoms with Crippen LogP contribution >= 0.6 is 11.8 Å². The first kappa shape index (κ1) is 21.7. The number of aliphatic carboxylic acids is 1. The van der Waals surface area contributed by atoms with Gasteiger partial charge in [-0.15, -0.1) is 20.2 Å². The van der Waals surface area contributed by atoms with Gasteiger partial charge in [-0.05, 0) is 31.3 Å². The fraction of sp³-hybridized carbons (Fsp3) is 0.818. The fourth-order valence-electron chi connectivity index (χ4n) is 1.68. The molecule has 0 rings (SSSR count). The molecule has 2 unspecified atom stereocenters. The third-order valence-electron chi connectivity index (χ3n) is 2.77. The molecule has 0 saturated heterocycles. The van der Waals surface area contributed by atoms with Crippen LogP contribution in [0.1, 0.15) is 25.7 Å². The normalized spacial score (nSPS) is 12.7. The molecule has 0 spiro atoms. The molecule has 24 heavy (non-hydrogen) atoms. The highest BCUT2D eigenvalue weighted by molar-refractivity contribution is 7.98. The summed E-state index contributed by atoms with van der Waals surface area (Å²) in [5.74, 6) is -1.11. The van der Waals surface area contributed by atoms with Gasteiger partial charge in [-0.3, -0.25) is 4.79 Å². The lowest BCUT2D eigenvalue weighted by atomic mass is 10.1. The van der Waals surface area contributed by atoms with Crippen molar-refractivity contribution in [3.63, 3.8) is 0 Å². The van der Waals surface area contributed by atoms with Crippen LogP contribution in [-0.4, -0.2) is 57.9 Å². The molecule has 0 heterocycles. The molecular formula is C11H19N3O9S. The minimum absolute atomic E-state index is 0.0369. The molecule has 2 atom stereocenters. The molecule has 0 fully saturated rings. The quantitative estimate of drug-likeness (QED) is 0.319. The standard InChI is InChI=1S/C11H19N3O9S/c1-24-6-5-9(11(16)17)12-10(15)4-2-3-8(23-14(20)21)7-22-13(18)19/h8-9H,2-7H2,1H3,(H,12,15)(H,16,17). The number of hydrogen-bond donors (Lipinski definition) is 2. The second-order valence-electron chi connectivity index (χ2n) is 4.60. The van der Waals surface area contributed by atoms with Gasteiger partial charge in [0.15, 0.2) is 0 Å². The molecule has 0 aromatic carbocycles. The Bertz CT molecular complexity index is 448. The number of amides is 1. The number of rotatable bonds is 14. The highest BCUT2D eigenvalue weighted by Gasteiger charge is 2.20. The van der Waals surface area contributed by atoms with Gasteiger partial charge in [0.25, 0.3) is 10.2 Å². The van der Waals surface area contributed by atoms with E-state index in [1.807, 2.05) is 6.26 Å². The van der Waals surface area contributed by atoms with Crippen LogP contribution in [0.15, 0.2) is 0 Å². The number of carbonyl (C=O) groups is 2. The van der Waals surface area contributed by atoms with E-state index in [1.54, 1.807) is 0 Å². The maximum Gasteiger partial charge on any atom is 0.326 e. The molecule has 0 aromatic rings. The number of thioether (sulfide) groups is 1. The molecule has 1 amide bonds. The molecule has 0 saturated carbocycles. The van der Waals surface area contributed by atoms with Crippen molar-refractivity contribution in [1.82, 2.24) is 5.32 Å². The van der Waals surface area contributed by atoms with Crippen LogP contribution in [0.4, 0.5) is 0 Å². The van der Waals surface area contributed by atoms with Crippen LogP contribution in [0.2, 0.25) is 0 Å². The molecule has 0 aliphatic carbocycles. The lowest BCUT2D eigenvalue weighted by Crippen LogP contribution is -2.41. The molecule has 0 aromatic heterocycles. The van der Waals surface area contributed by atoms with E-state index in [4.69, 9.17) is 5.11 Å². The Balaban J connectivity index is 4.26. The Hall–Kier alpha value is -2.31. The van der Waals surface area contributed by atoms with E-state index in [0.29, 0.717) is 5.75 Å².